The summed E-state index contributed by atoms with van der Waals surface area (Å²) in [5.74, 6) is 1.65. The van der Waals surface area contributed by atoms with E-state index in [1.165, 1.54) is 5.69 Å². The molecule has 1 aliphatic rings. The Bertz CT molecular complexity index is 850. The molecule has 0 radical (unpaired) electrons. The standard InChI is InChI=1S/C16H12BrClN4S/c17-11-5-7-12(8-6-11)21-9-22-15(19-20-16(22)23-10-21)13-3-1-2-4-14(13)18/h1-8H,9-10H2. The third-order valence-corrected chi connectivity index (χ3v) is 5.54. The monoisotopic (exact) mass is 406 g/mol. The molecule has 0 bridgehead atoms. The number of thioether (sulfide) groups is 1. The summed E-state index contributed by atoms with van der Waals surface area (Å²) in [6.45, 7) is 0.706. The first-order valence-electron chi connectivity index (χ1n) is 7.04. The van der Waals surface area contributed by atoms with Crippen molar-refractivity contribution in [2.24, 2.45) is 0 Å². The van der Waals surface area contributed by atoms with Gasteiger partial charge in [0, 0.05) is 15.7 Å². The normalized spacial score (nSPS) is 13.9. The summed E-state index contributed by atoms with van der Waals surface area (Å²) in [6, 6.07) is 16.1. The van der Waals surface area contributed by atoms with Gasteiger partial charge in [-0.3, -0.25) is 4.57 Å². The lowest BCUT2D eigenvalue weighted by Gasteiger charge is -2.29. The molecule has 116 valence electrons. The van der Waals surface area contributed by atoms with Crippen LogP contribution in [0.4, 0.5) is 5.69 Å². The third kappa shape index (κ3) is 2.86. The van der Waals surface area contributed by atoms with Gasteiger partial charge in [0.15, 0.2) is 11.0 Å². The van der Waals surface area contributed by atoms with Crippen LogP contribution in [0.15, 0.2) is 58.2 Å². The molecule has 2 heterocycles. The van der Waals surface area contributed by atoms with Crippen molar-refractivity contribution in [1.82, 2.24) is 14.8 Å². The maximum atomic E-state index is 6.32. The Morgan fingerprint density at radius 1 is 1.04 bits per heavy atom. The molecule has 0 aliphatic carbocycles. The molecular weight excluding hydrogens is 396 g/mol. The van der Waals surface area contributed by atoms with Crippen molar-refractivity contribution >= 4 is 45.0 Å². The molecule has 1 aromatic heterocycles. The molecule has 2 aromatic carbocycles. The highest BCUT2D eigenvalue weighted by Gasteiger charge is 2.23. The molecule has 4 rings (SSSR count). The zero-order valence-corrected chi connectivity index (χ0v) is 15.1. The van der Waals surface area contributed by atoms with Gasteiger partial charge in [0.1, 0.15) is 0 Å². The SMILES string of the molecule is Clc1ccccc1-c1nnc2n1CN(c1ccc(Br)cc1)CS2. The van der Waals surface area contributed by atoms with Gasteiger partial charge in [-0.05, 0) is 36.4 Å². The third-order valence-electron chi connectivity index (χ3n) is 3.68. The molecular formula is C16H12BrClN4S. The van der Waals surface area contributed by atoms with E-state index in [0.29, 0.717) is 11.7 Å². The molecule has 0 fully saturated rings. The lowest BCUT2D eigenvalue weighted by atomic mass is 10.2. The van der Waals surface area contributed by atoms with Crippen LogP contribution in [-0.4, -0.2) is 20.6 Å². The topological polar surface area (TPSA) is 34.0 Å². The summed E-state index contributed by atoms with van der Waals surface area (Å²) in [5.41, 5.74) is 2.08. The lowest BCUT2D eigenvalue weighted by Crippen LogP contribution is -2.30. The van der Waals surface area contributed by atoms with Gasteiger partial charge in [-0.25, -0.2) is 0 Å². The molecule has 7 heteroatoms. The van der Waals surface area contributed by atoms with E-state index in [2.05, 4.69) is 59.9 Å². The summed E-state index contributed by atoms with van der Waals surface area (Å²) in [5, 5.41) is 10.3. The van der Waals surface area contributed by atoms with Crippen LogP contribution in [0, 0.1) is 0 Å². The Balaban J connectivity index is 1.70. The van der Waals surface area contributed by atoms with Crippen molar-refractivity contribution in [2.75, 3.05) is 10.8 Å². The van der Waals surface area contributed by atoms with Crippen molar-refractivity contribution in [3.63, 3.8) is 0 Å². The van der Waals surface area contributed by atoms with Crippen molar-refractivity contribution in [2.45, 2.75) is 11.8 Å². The molecule has 0 unspecified atom stereocenters. The van der Waals surface area contributed by atoms with Gasteiger partial charge in [-0.2, -0.15) is 0 Å². The van der Waals surface area contributed by atoms with Crippen LogP contribution in [0.25, 0.3) is 11.4 Å². The Morgan fingerprint density at radius 3 is 2.61 bits per heavy atom. The van der Waals surface area contributed by atoms with Crippen LogP contribution in [0.2, 0.25) is 5.02 Å². The lowest BCUT2D eigenvalue weighted by molar-refractivity contribution is 0.608. The van der Waals surface area contributed by atoms with Crippen molar-refractivity contribution in [1.29, 1.82) is 0 Å². The van der Waals surface area contributed by atoms with E-state index in [0.717, 1.165) is 26.9 Å². The van der Waals surface area contributed by atoms with Crippen LogP contribution in [0.5, 0.6) is 0 Å². The van der Waals surface area contributed by atoms with Crippen molar-refractivity contribution in [3.05, 3.63) is 58.0 Å². The van der Waals surface area contributed by atoms with Crippen LogP contribution in [0.1, 0.15) is 0 Å². The van der Waals surface area contributed by atoms with Gasteiger partial charge in [-0.15, -0.1) is 10.2 Å². The van der Waals surface area contributed by atoms with Crippen molar-refractivity contribution < 1.29 is 0 Å². The van der Waals surface area contributed by atoms with Crippen molar-refractivity contribution in [3.8, 4) is 11.4 Å². The summed E-state index contributed by atoms with van der Waals surface area (Å²) in [6.07, 6.45) is 0. The highest BCUT2D eigenvalue weighted by atomic mass is 79.9. The van der Waals surface area contributed by atoms with Gasteiger partial charge in [0.05, 0.1) is 17.6 Å². The highest BCUT2D eigenvalue weighted by molar-refractivity contribution is 9.10. The average molecular weight is 408 g/mol. The molecule has 3 aromatic rings. The second-order valence-electron chi connectivity index (χ2n) is 5.15. The minimum absolute atomic E-state index is 0.688. The number of hydrogen-bond acceptors (Lipinski definition) is 4. The zero-order valence-electron chi connectivity index (χ0n) is 12.0. The first-order valence-corrected chi connectivity index (χ1v) is 9.19. The van der Waals surface area contributed by atoms with Gasteiger partial charge in [-0.1, -0.05) is 51.4 Å². The van der Waals surface area contributed by atoms with Gasteiger partial charge in [0.2, 0.25) is 0 Å². The van der Waals surface area contributed by atoms with E-state index in [4.69, 9.17) is 11.6 Å². The number of nitrogens with zero attached hydrogens (tertiary/aromatic N) is 4. The summed E-state index contributed by atoms with van der Waals surface area (Å²) < 4.78 is 3.19. The summed E-state index contributed by atoms with van der Waals surface area (Å²) >= 11 is 11.5. The van der Waals surface area contributed by atoms with E-state index in [-0.39, 0.29) is 0 Å². The number of fused-ring (bicyclic) bond motifs is 1. The largest absolute Gasteiger partial charge is 0.344 e. The molecule has 4 nitrogen and oxygen atoms in total. The predicted octanol–water partition coefficient (Wildman–Crippen LogP) is 4.89. The maximum Gasteiger partial charge on any atom is 0.194 e. The fourth-order valence-electron chi connectivity index (χ4n) is 2.52. The first kappa shape index (κ1) is 15.1. The number of benzene rings is 2. The first-order chi connectivity index (χ1) is 11.2. The Kier molecular flexibility index (Phi) is 4.05. The maximum absolute atomic E-state index is 6.32. The minimum Gasteiger partial charge on any atom is -0.344 e. The quantitative estimate of drug-likeness (QED) is 0.606. The van der Waals surface area contributed by atoms with Crippen LogP contribution >= 0.6 is 39.3 Å². The van der Waals surface area contributed by atoms with Crippen LogP contribution in [0.3, 0.4) is 0 Å². The molecule has 1 aliphatic heterocycles. The number of hydrogen-bond donors (Lipinski definition) is 0. The summed E-state index contributed by atoms with van der Waals surface area (Å²) in [7, 11) is 0. The highest BCUT2D eigenvalue weighted by Crippen LogP contribution is 2.34. The molecule has 23 heavy (non-hydrogen) atoms. The van der Waals surface area contributed by atoms with Crippen LogP contribution < -0.4 is 4.90 Å². The fraction of sp³-hybridized carbons (Fsp3) is 0.125. The molecule has 0 saturated carbocycles. The Morgan fingerprint density at radius 2 is 1.83 bits per heavy atom. The number of aromatic nitrogens is 3. The predicted molar refractivity (Wildman–Crippen MR) is 97.8 cm³/mol. The molecule has 0 N–H and O–H groups in total. The second-order valence-corrected chi connectivity index (χ2v) is 7.38. The van der Waals surface area contributed by atoms with E-state index in [9.17, 15) is 0 Å². The number of rotatable bonds is 2. The van der Waals surface area contributed by atoms with E-state index in [1.807, 2.05) is 24.3 Å². The van der Waals surface area contributed by atoms with Crippen LogP contribution in [-0.2, 0) is 6.67 Å². The van der Waals surface area contributed by atoms with Gasteiger partial charge >= 0.3 is 0 Å². The van der Waals surface area contributed by atoms with Gasteiger partial charge < -0.3 is 4.90 Å². The molecule has 0 atom stereocenters. The minimum atomic E-state index is 0.688. The summed E-state index contributed by atoms with van der Waals surface area (Å²) in [4.78, 5) is 2.29. The average Bonchev–Trinajstić information content (AvgIpc) is 2.99. The zero-order chi connectivity index (χ0) is 15.8. The Hall–Kier alpha value is -1.50. The second kappa shape index (κ2) is 6.19. The van der Waals surface area contributed by atoms with E-state index >= 15 is 0 Å². The fourth-order valence-corrected chi connectivity index (χ4v) is 3.91. The smallest absolute Gasteiger partial charge is 0.194 e. The number of halogens is 2. The Labute approximate surface area is 151 Å². The molecule has 0 amide bonds. The molecule has 0 saturated heterocycles. The molecule has 0 spiro atoms. The number of anilines is 1. The van der Waals surface area contributed by atoms with E-state index < -0.39 is 0 Å². The van der Waals surface area contributed by atoms with E-state index in [1.54, 1.807) is 11.8 Å². The van der Waals surface area contributed by atoms with Gasteiger partial charge in [0.25, 0.3) is 0 Å².